The average Bonchev–Trinajstić information content (AvgIpc) is 3.13. The van der Waals surface area contributed by atoms with Crippen LogP contribution in [0.4, 0.5) is 4.79 Å². The molecule has 3 atom stereocenters. The number of rotatable bonds is 19. The number of alkyl carbamates (subject to hydrolysis) is 1. The molecule has 0 spiro atoms. The highest BCUT2D eigenvalue weighted by atomic mass is 16.6. The molecule has 10 heteroatoms. The van der Waals surface area contributed by atoms with Gasteiger partial charge < -0.3 is 29.4 Å². The lowest BCUT2D eigenvalue weighted by molar-refractivity contribution is -0.134. The Hall–Kier alpha value is -5.13. The lowest BCUT2D eigenvalue weighted by atomic mass is 10.1. The Morgan fingerprint density at radius 2 is 1.14 bits per heavy atom. The van der Waals surface area contributed by atoms with Gasteiger partial charge in [0.25, 0.3) is 5.91 Å². The molecule has 4 aromatic carbocycles. The van der Waals surface area contributed by atoms with E-state index in [9.17, 15) is 19.5 Å². The number of aliphatic hydroxyl groups excluding tert-OH is 1. The van der Waals surface area contributed by atoms with Crippen LogP contribution in [-0.4, -0.2) is 54.4 Å². The standard InChI is InChI=1S/C39H42N2O8/c1-29(42)23-40-38(44)34(41-39(45)49-27-33-20-12-5-13-21-33)22-36(47-25-31-16-8-3-9-17-31)37(48-26-32-18-10-4-11-19-32)35(43)28-46-24-30-14-6-2-7-15-30/h2-22,35-37,43H,23-28H2,1H3,(H,40,44)(H,41,45)/b34-22-/t35-,36-,37+/m1/s1. The van der Waals surface area contributed by atoms with Gasteiger partial charge in [-0.05, 0) is 35.3 Å². The van der Waals surface area contributed by atoms with E-state index in [1.54, 1.807) is 12.1 Å². The molecule has 0 radical (unpaired) electrons. The summed E-state index contributed by atoms with van der Waals surface area (Å²) in [6.07, 6.45) is -2.93. The highest BCUT2D eigenvalue weighted by Crippen LogP contribution is 2.19. The normalized spacial score (nSPS) is 13.1. The summed E-state index contributed by atoms with van der Waals surface area (Å²) in [5.41, 5.74) is 3.10. The van der Waals surface area contributed by atoms with E-state index in [0.717, 1.165) is 22.3 Å². The van der Waals surface area contributed by atoms with E-state index in [4.69, 9.17) is 18.9 Å². The lowest BCUT2D eigenvalue weighted by Gasteiger charge is -2.30. The van der Waals surface area contributed by atoms with E-state index in [1.807, 2.05) is 109 Å². The van der Waals surface area contributed by atoms with E-state index >= 15 is 0 Å². The molecule has 0 unspecified atom stereocenters. The number of nitrogens with one attached hydrogen (secondary N) is 2. The van der Waals surface area contributed by atoms with E-state index < -0.39 is 30.3 Å². The van der Waals surface area contributed by atoms with Crippen molar-refractivity contribution >= 4 is 17.8 Å². The molecular formula is C39H42N2O8. The predicted octanol–water partition coefficient (Wildman–Crippen LogP) is 5.25. The zero-order valence-corrected chi connectivity index (χ0v) is 27.4. The largest absolute Gasteiger partial charge is 0.444 e. The summed E-state index contributed by atoms with van der Waals surface area (Å²) < 4.78 is 23.9. The van der Waals surface area contributed by atoms with Crippen LogP contribution in [0, 0.1) is 0 Å². The summed E-state index contributed by atoms with van der Waals surface area (Å²) in [5.74, 6) is -1.04. The summed E-state index contributed by atoms with van der Waals surface area (Å²) in [5, 5.41) is 16.5. The van der Waals surface area contributed by atoms with E-state index in [2.05, 4.69) is 10.6 Å². The van der Waals surface area contributed by atoms with Gasteiger partial charge in [-0.1, -0.05) is 121 Å². The number of carbonyl (C=O) groups excluding carboxylic acids is 3. The number of Topliss-reactive ketones (excluding diaryl/α,β-unsaturated/α-hetero) is 1. The molecule has 0 aliphatic carbocycles. The number of amides is 2. The number of hydrogen-bond donors (Lipinski definition) is 3. The molecule has 4 aromatic rings. The Bertz CT molecular complexity index is 1600. The fourth-order valence-electron chi connectivity index (χ4n) is 4.67. The van der Waals surface area contributed by atoms with Crippen molar-refractivity contribution in [1.82, 2.24) is 10.6 Å². The van der Waals surface area contributed by atoms with Crippen LogP contribution in [0.15, 0.2) is 133 Å². The Morgan fingerprint density at radius 1 is 0.673 bits per heavy atom. The second-order valence-corrected chi connectivity index (χ2v) is 11.2. The first-order valence-electron chi connectivity index (χ1n) is 16.0. The van der Waals surface area contributed by atoms with Gasteiger partial charge in [0, 0.05) is 0 Å². The Balaban J connectivity index is 1.63. The Morgan fingerprint density at radius 3 is 1.65 bits per heavy atom. The molecule has 3 N–H and O–H groups in total. The van der Waals surface area contributed by atoms with E-state index in [-0.39, 0.29) is 51.1 Å². The van der Waals surface area contributed by atoms with E-state index in [0.29, 0.717) is 0 Å². The minimum absolute atomic E-state index is 0.0385. The van der Waals surface area contributed by atoms with Crippen LogP contribution < -0.4 is 10.6 Å². The second kappa shape index (κ2) is 20.3. The lowest BCUT2D eigenvalue weighted by Crippen LogP contribution is -2.44. The number of hydrogen-bond acceptors (Lipinski definition) is 8. The van der Waals surface area contributed by atoms with Gasteiger partial charge in [-0.2, -0.15) is 0 Å². The van der Waals surface area contributed by atoms with Crippen molar-refractivity contribution in [2.75, 3.05) is 13.2 Å². The average molecular weight is 667 g/mol. The number of ketones is 1. The fourth-order valence-corrected chi connectivity index (χ4v) is 4.67. The molecule has 0 heterocycles. The number of carbonyl (C=O) groups is 3. The van der Waals surface area contributed by atoms with Gasteiger partial charge >= 0.3 is 6.09 Å². The number of aliphatic hydroxyl groups is 1. The van der Waals surface area contributed by atoms with Crippen molar-refractivity contribution in [3.8, 4) is 0 Å². The van der Waals surface area contributed by atoms with Crippen LogP contribution in [0.5, 0.6) is 0 Å². The molecule has 0 aliphatic rings. The van der Waals surface area contributed by atoms with Crippen LogP contribution in [0.2, 0.25) is 0 Å². The zero-order valence-electron chi connectivity index (χ0n) is 27.4. The summed E-state index contributed by atoms with van der Waals surface area (Å²) in [6, 6.07) is 37.4. The molecule has 49 heavy (non-hydrogen) atoms. The maximum atomic E-state index is 13.4. The monoisotopic (exact) mass is 666 g/mol. The van der Waals surface area contributed by atoms with Crippen LogP contribution >= 0.6 is 0 Å². The summed E-state index contributed by atoms with van der Waals surface area (Å²) >= 11 is 0. The molecule has 4 rings (SSSR count). The summed E-state index contributed by atoms with van der Waals surface area (Å²) in [6.45, 7) is 1.36. The van der Waals surface area contributed by atoms with E-state index in [1.165, 1.54) is 13.0 Å². The van der Waals surface area contributed by atoms with Crippen LogP contribution in [0.25, 0.3) is 0 Å². The van der Waals surface area contributed by atoms with Gasteiger partial charge in [0.05, 0.1) is 33.0 Å². The SMILES string of the molecule is CC(=O)CNC(=O)/C(=C/[C@@H](OCc1ccccc1)[C@@H](OCc1ccccc1)[C@H](O)COCc1ccccc1)NC(=O)OCc1ccccc1. The first-order chi connectivity index (χ1) is 23.9. The highest BCUT2D eigenvalue weighted by Gasteiger charge is 2.31. The zero-order chi connectivity index (χ0) is 34.7. The van der Waals surface area contributed by atoms with Gasteiger partial charge in [-0.25, -0.2) is 4.79 Å². The quantitative estimate of drug-likeness (QED) is 0.116. The number of ether oxygens (including phenoxy) is 4. The minimum atomic E-state index is -1.23. The molecule has 0 saturated carbocycles. The Kier molecular flexibility index (Phi) is 15.2. The van der Waals surface area contributed by atoms with Gasteiger partial charge in [-0.15, -0.1) is 0 Å². The summed E-state index contributed by atoms with van der Waals surface area (Å²) in [4.78, 5) is 38.1. The van der Waals surface area contributed by atoms with Crippen molar-refractivity contribution in [3.05, 3.63) is 155 Å². The van der Waals surface area contributed by atoms with Crippen molar-refractivity contribution < 1.29 is 38.4 Å². The number of benzene rings is 4. The van der Waals surface area contributed by atoms with Crippen molar-refractivity contribution in [1.29, 1.82) is 0 Å². The molecule has 0 aromatic heterocycles. The summed E-state index contributed by atoms with van der Waals surface area (Å²) in [7, 11) is 0. The van der Waals surface area contributed by atoms with Gasteiger partial charge in [0.15, 0.2) is 0 Å². The molecule has 2 amide bonds. The van der Waals surface area contributed by atoms with Gasteiger partial charge in [0.1, 0.15) is 36.4 Å². The molecule has 0 saturated heterocycles. The van der Waals surface area contributed by atoms with Crippen molar-refractivity contribution in [2.24, 2.45) is 0 Å². The fraction of sp³-hybridized carbons (Fsp3) is 0.256. The third-order valence-electron chi connectivity index (χ3n) is 7.20. The van der Waals surface area contributed by atoms with Crippen LogP contribution in [0.3, 0.4) is 0 Å². The van der Waals surface area contributed by atoms with Gasteiger partial charge in [0.2, 0.25) is 0 Å². The Labute approximate surface area is 286 Å². The third-order valence-corrected chi connectivity index (χ3v) is 7.20. The molecule has 0 fully saturated rings. The topological polar surface area (TPSA) is 132 Å². The van der Waals surface area contributed by atoms with Crippen LogP contribution in [-0.2, 0) is 55.0 Å². The minimum Gasteiger partial charge on any atom is -0.444 e. The molecule has 0 bridgehead atoms. The second-order valence-electron chi connectivity index (χ2n) is 11.2. The maximum absolute atomic E-state index is 13.4. The van der Waals surface area contributed by atoms with Gasteiger partial charge in [-0.3, -0.25) is 14.9 Å². The maximum Gasteiger partial charge on any atom is 0.412 e. The van der Waals surface area contributed by atoms with Crippen molar-refractivity contribution in [3.63, 3.8) is 0 Å². The molecule has 256 valence electrons. The van der Waals surface area contributed by atoms with Crippen LogP contribution in [0.1, 0.15) is 29.2 Å². The molecule has 10 nitrogen and oxygen atoms in total. The first-order valence-corrected chi connectivity index (χ1v) is 16.0. The molecule has 0 aliphatic heterocycles. The molecular weight excluding hydrogens is 624 g/mol. The smallest absolute Gasteiger partial charge is 0.412 e. The first kappa shape index (κ1) is 36.7. The third kappa shape index (κ3) is 13.5. The van der Waals surface area contributed by atoms with Crippen molar-refractivity contribution in [2.45, 2.75) is 51.7 Å². The highest BCUT2D eigenvalue weighted by molar-refractivity contribution is 5.98. The predicted molar refractivity (Wildman–Crippen MR) is 184 cm³/mol.